The quantitative estimate of drug-likeness (QED) is 0.830. The van der Waals surface area contributed by atoms with Crippen molar-refractivity contribution in [1.82, 2.24) is 0 Å². The Morgan fingerprint density at radius 3 is 2.47 bits per heavy atom. The number of aryl methyl sites for hydroxylation is 1. The molecule has 2 rings (SSSR count). The minimum atomic E-state index is -0.428. The van der Waals surface area contributed by atoms with Gasteiger partial charge in [0, 0.05) is 5.56 Å². The van der Waals surface area contributed by atoms with Crippen molar-refractivity contribution in [3.8, 4) is 0 Å². The van der Waals surface area contributed by atoms with Gasteiger partial charge < -0.3 is 11.1 Å². The number of carbonyl (C=O) groups is 1. The fraction of sp³-hybridized carbons (Fsp3) is 0.133. The van der Waals surface area contributed by atoms with E-state index in [4.69, 9.17) is 5.73 Å². The van der Waals surface area contributed by atoms with Gasteiger partial charge in [-0.3, -0.25) is 4.79 Å². The molecule has 3 N–H and O–H groups in total. The number of halogens is 1. The van der Waals surface area contributed by atoms with Crippen LogP contribution in [0.2, 0.25) is 0 Å². The average Bonchev–Trinajstić information content (AvgIpc) is 2.42. The normalized spacial score (nSPS) is 10.2. The first-order valence-corrected chi connectivity index (χ1v) is 6.05. The van der Waals surface area contributed by atoms with Crippen molar-refractivity contribution in [1.29, 1.82) is 0 Å². The fourth-order valence-corrected chi connectivity index (χ4v) is 1.73. The van der Waals surface area contributed by atoms with Gasteiger partial charge in [0.05, 0.1) is 11.4 Å². The standard InChI is InChI=1S/C15H15FN2O/c1-2-10-3-5-11(6-4-10)15(19)18-14-8-7-12(16)9-13(14)17/h3-9H,2,17H2,1H3,(H,18,19). The third-order valence-electron chi connectivity index (χ3n) is 2.89. The molecule has 19 heavy (non-hydrogen) atoms. The van der Waals surface area contributed by atoms with E-state index >= 15 is 0 Å². The molecular weight excluding hydrogens is 243 g/mol. The molecular formula is C15H15FN2O. The number of benzene rings is 2. The fourth-order valence-electron chi connectivity index (χ4n) is 1.73. The van der Waals surface area contributed by atoms with Crippen LogP contribution in [0, 0.1) is 5.82 Å². The number of hydrogen-bond donors (Lipinski definition) is 2. The first-order chi connectivity index (χ1) is 9.10. The second-order valence-electron chi connectivity index (χ2n) is 4.24. The number of nitrogens with two attached hydrogens (primary N) is 1. The summed E-state index contributed by atoms with van der Waals surface area (Å²) in [5.41, 5.74) is 7.96. The monoisotopic (exact) mass is 258 g/mol. The topological polar surface area (TPSA) is 55.1 Å². The molecule has 0 unspecified atom stereocenters. The highest BCUT2D eigenvalue weighted by molar-refractivity contribution is 6.05. The van der Waals surface area contributed by atoms with Crippen LogP contribution < -0.4 is 11.1 Å². The minimum absolute atomic E-state index is 0.207. The Hall–Kier alpha value is -2.36. The van der Waals surface area contributed by atoms with E-state index < -0.39 is 5.82 Å². The SMILES string of the molecule is CCc1ccc(C(=O)Nc2ccc(F)cc2N)cc1. The van der Waals surface area contributed by atoms with E-state index in [0.29, 0.717) is 11.3 Å². The molecule has 0 heterocycles. The van der Waals surface area contributed by atoms with E-state index in [1.54, 1.807) is 12.1 Å². The van der Waals surface area contributed by atoms with Crippen LogP contribution in [0.25, 0.3) is 0 Å². The Balaban J connectivity index is 2.15. The molecule has 0 radical (unpaired) electrons. The molecule has 0 aliphatic rings. The highest BCUT2D eigenvalue weighted by Crippen LogP contribution is 2.20. The van der Waals surface area contributed by atoms with Gasteiger partial charge in [-0.05, 0) is 42.3 Å². The van der Waals surface area contributed by atoms with Crippen molar-refractivity contribution in [2.75, 3.05) is 11.1 Å². The summed E-state index contributed by atoms with van der Waals surface area (Å²) < 4.78 is 12.9. The number of rotatable bonds is 3. The maximum Gasteiger partial charge on any atom is 0.255 e. The second kappa shape index (κ2) is 5.52. The van der Waals surface area contributed by atoms with Crippen LogP contribution in [0.3, 0.4) is 0 Å². The molecule has 0 saturated heterocycles. The van der Waals surface area contributed by atoms with Gasteiger partial charge in [-0.2, -0.15) is 0 Å². The summed E-state index contributed by atoms with van der Waals surface area (Å²) in [6.07, 6.45) is 0.923. The highest BCUT2D eigenvalue weighted by Gasteiger charge is 2.08. The van der Waals surface area contributed by atoms with E-state index in [-0.39, 0.29) is 11.6 Å². The first-order valence-electron chi connectivity index (χ1n) is 6.05. The van der Waals surface area contributed by atoms with E-state index in [2.05, 4.69) is 5.32 Å². The summed E-state index contributed by atoms with van der Waals surface area (Å²) in [5.74, 6) is -0.691. The number of carbonyl (C=O) groups excluding carboxylic acids is 1. The summed E-state index contributed by atoms with van der Waals surface area (Å²) >= 11 is 0. The maximum atomic E-state index is 12.9. The lowest BCUT2D eigenvalue weighted by molar-refractivity contribution is 0.102. The Kier molecular flexibility index (Phi) is 3.80. The van der Waals surface area contributed by atoms with Crippen LogP contribution in [-0.4, -0.2) is 5.91 Å². The van der Waals surface area contributed by atoms with Crippen molar-refractivity contribution in [2.45, 2.75) is 13.3 Å². The first kappa shape index (κ1) is 13.1. The molecule has 0 atom stereocenters. The molecule has 98 valence electrons. The zero-order valence-electron chi connectivity index (χ0n) is 10.6. The zero-order chi connectivity index (χ0) is 13.8. The van der Waals surface area contributed by atoms with Gasteiger partial charge in [0.2, 0.25) is 0 Å². The smallest absolute Gasteiger partial charge is 0.255 e. The lowest BCUT2D eigenvalue weighted by Crippen LogP contribution is -2.13. The summed E-state index contributed by atoms with van der Waals surface area (Å²) in [7, 11) is 0. The number of nitrogen functional groups attached to an aromatic ring is 1. The van der Waals surface area contributed by atoms with E-state index in [1.165, 1.54) is 18.2 Å². The summed E-state index contributed by atoms with van der Waals surface area (Å²) in [4.78, 5) is 12.0. The number of anilines is 2. The second-order valence-corrected chi connectivity index (χ2v) is 4.24. The summed E-state index contributed by atoms with van der Waals surface area (Å²) in [6, 6.07) is 11.2. The van der Waals surface area contributed by atoms with Crippen LogP contribution in [-0.2, 0) is 6.42 Å². The lowest BCUT2D eigenvalue weighted by Gasteiger charge is -2.08. The van der Waals surface area contributed by atoms with Gasteiger partial charge in [-0.15, -0.1) is 0 Å². The van der Waals surface area contributed by atoms with Crippen molar-refractivity contribution in [2.24, 2.45) is 0 Å². The molecule has 0 saturated carbocycles. The lowest BCUT2D eigenvalue weighted by atomic mass is 10.1. The van der Waals surface area contributed by atoms with Crippen molar-refractivity contribution >= 4 is 17.3 Å². The Labute approximate surface area is 111 Å². The van der Waals surface area contributed by atoms with Gasteiger partial charge in [0.25, 0.3) is 5.91 Å². The van der Waals surface area contributed by atoms with E-state index in [1.807, 2.05) is 19.1 Å². The maximum absolute atomic E-state index is 12.9. The third-order valence-corrected chi connectivity index (χ3v) is 2.89. The Bertz CT molecular complexity index is 594. The van der Waals surface area contributed by atoms with Crippen LogP contribution in [0.1, 0.15) is 22.8 Å². The number of amides is 1. The van der Waals surface area contributed by atoms with Crippen molar-refractivity contribution in [3.63, 3.8) is 0 Å². The Morgan fingerprint density at radius 1 is 1.21 bits per heavy atom. The van der Waals surface area contributed by atoms with Gasteiger partial charge in [-0.1, -0.05) is 19.1 Å². The molecule has 4 heteroatoms. The Morgan fingerprint density at radius 2 is 1.89 bits per heavy atom. The molecule has 0 fully saturated rings. The van der Waals surface area contributed by atoms with Gasteiger partial charge in [-0.25, -0.2) is 4.39 Å². The average molecular weight is 258 g/mol. The van der Waals surface area contributed by atoms with Crippen LogP contribution in [0.15, 0.2) is 42.5 Å². The van der Waals surface area contributed by atoms with Crippen LogP contribution >= 0.6 is 0 Å². The summed E-state index contributed by atoms with van der Waals surface area (Å²) in [5, 5.41) is 2.66. The van der Waals surface area contributed by atoms with Gasteiger partial charge in [0.1, 0.15) is 5.82 Å². The van der Waals surface area contributed by atoms with E-state index in [0.717, 1.165) is 12.0 Å². The molecule has 2 aromatic rings. The van der Waals surface area contributed by atoms with Crippen molar-refractivity contribution in [3.05, 3.63) is 59.4 Å². The molecule has 0 aliphatic heterocycles. The van der Waals surface area contributed by atoms with Gasteiger partial charge >= 0.3 is 0 Å². The van der Waals surface area contributed by atoms with E-state index in [9.17, 15) is 9.18 Å². The predicted octanol–water partition coefficient (Wildman–Crippen LogP) is 3.22. The third kappa shape index (κ3) is 3.10. The van der Waals surface area contributed by atoms with Crippen molar-refractivity contribution < 1.29 is 9.18 Å². The van der Waals surface area contributed by atoms with Crippen LogP contribution in [0.4, 0.5) is 15.8 Å². The largest absolute Gasteiger partial charge is 0.397 e. The molecule has 3 nitrogen and oxygen atoms in total. The summed E-state index contributed by atoms with van der Waals surface area (Å²) in [6.45, 7) is 2.05. The highest BCUT2D eigenvalue weighted by atomic mass is 19.1. The molecule has 1 amide bonds. The zero-order valence-corrected chi connectivity index (χ0v) is 10.6. The molecule has 0 spiro atoms. The molecule has 0 aliphatic carbocycles. The number of nitrogens with one attached hydrogen (secondary N) is 1. The molecule has 0 aromatic heterocycles. The minimum Gasteiger partial charge on any atom is -0.397 e. The predicted molar refractivity (Wildman–Crippen MR) is 74.6 cm³/mol. The molecule has 0 bridgehead atoms. The van der Waals surface area contributed by atoms with Gasteiger partial charge in [0.15, 0.2) is 0 Å². The molecule has 2 aromatic carbocycles. The number of hydrogen-bond acceptors (Lipinski definition) is 2. The van der Waals surface area contributed by atoms with Crippen LogP contribution in [0.5, 0.6) is 0 Å².